The van der Waals surface area contributed by atoms with Gasteiger partial charge in [-0.05, 0) is 25.7 Å². The molecule has 0 heterocycles. The zero-order valence-electron chi connectivity index (χ0n) is 11.2. The van der Waals surface area contributed by atoms with Crippen molar-refractivity contribution >= 4 is 5.78 Å². The minimum Gasteiger partial charge on any atom is -0.385 e. The Balaban J connectivity index is 2.38. The molecule has 96 valence electrons. The fraction of sp³-hybridized carbons (Fsp3) is 0.667. The van der Waals surface area contributed by atoms with Gasteiger partial charge in [0.25, 0.3) is 0 Å². The van der Waals surface area contributed by atoms with Gasteiger partial charge >= 0.3 is 0 Å². The van der Waals surface area contributed by atoms with E-state index in [9.17, 15) is 9.90 Å². The van der Waals surface area contributed by atoms with E-state index < -0.39 is 5.60 Å². The third kappa shape index (κ3) is 4.86. The summed E-state index contributed by atoms with van der Waals surface area (Å²) in [6, 6.07) is 0. The van der Waals surface area contributed by atoms with E-state index in [2.05, 4.69) is 0 Å². The molecule has 2 nitrogen and oxygen atoms in total. The molecule has 0 aromatic heterocycles. The van der Waals surface area contributed by atoms with Crippen LogP contribution in [0.4, 0.5) is 0 Å². The van der Waals surface area contributed by atoms with E-state index in [4.69, 9.17) is 0 Å². The summed E-state index contributed by atoms with van der Waals surface area (Å²) in [5.74, 6) is 0.236. The first-order valence-corrected chi connectivity index (χ1v) is 6.42. The van der Waals surface area contributed by atoms with Gasteiger partial charge in [-0.25, -0.2) is 0 Å². The number of hydrogen-bond donors (Lipinski definition) is 1. The molecule has 1 aliphatic rings. The number of carbonyl (C=O) groups excluding carboxylic acids is 1. The van der Waals surface area contributed by atoms with E-state index in [0.717, 1.165) is 19.3 Å². The molecule has 0 aliphatic heterocycles. The van der Waals surface area contributed by atoms with Crippen LogP contribution in [0.25, 0.3) is 0 Å². The Kier molecular flexibility index (Phi) is 4.70. The summed E-state index contributed by atoms with van der Waals surface area (Å²) in [7, 11) is 0. The van der Waals surface area contributed by atoms with Crippen LogP contribution < -0.4 is 0 Å². The first-order chi connectivity index (χ1) is 7.83. The quantitative estimate of drug-likeness (QED) is 0.759. The SMILES string of the molecule is CC(C)(C)C(=O)C/C=C/CC1(O)C=CCCC1. The molecule has 1 rings (SSSR count). The molecule has 0 fully saturated rings. The fourth-order valence-corrected chi connectivity index (χ4v) is 1.87. The molecule has 0 aromatic carbocycles. The van der Waals surface area contributed by atoms with E-state index in [1.54, 1.807) is 0 Å². The van der Waals surface area contributed by atoms with Gasteiger partial charge in [-0.1, -0.05) is 45.1 Å². The van der Waals surface area contributed by atoms with Gasteiger partial charge in [0.15, 0.2) is 0 Å². The van der Waals surface area contributed by atoms with Crippen molar-refractivity contribution in [3.8, 4) is 0 Å². The highest BCUT2D eigenvalue weighted by molar-refractivity contribution is 5.84. The van der Waals surface area contributed by atoms with Crippen LogP contribution in [0.5, 0.6) is 0 Å². The minimum atomic E-state index is -0.681. The van der Waals surface area contributed by atoms with Crippen LogP contribution in [0.3, 0.4) is 0 Å². The topological polar surface area (TPSA) is 37.3 Å². The van der Waals surface area contributed by atoms with E-state index in [1.807, 2.05) is 45.1 Å². The number of Topliss-reactive ketones (excluding diaryl/α,β-unsaturated/α-hetero) is 1. The van der Waals surface area contributed by atoms with Gasteiger partial charge in [0.05, 0.1) is 5.60 Å². The molecule has 0 saturated carbocycles. The van der Waals surface area contributed by atoms with Gasteiger partial charge in [0.2, 0.25) is 0 Å². The lowest BCUT2D eigenvalue weighted by molar-refractivity contribution is -0.125. The van der Waals surface area contributed by atoms with Crippen LogP contribution in [0.1, 0.15) is 52.9 Å². The van der Waals surface area contributed by atoms with E-state index in [-0.39, 0.29) is 11.2 Å². The normalized spacial score (nSPS) is 25.4. The van der Waals surface area contributed by atoms with Gasteiger partial charge in [-0.3, -0.25) is 4.79 Å². The maximum absolute atomic E-state index is 11.7. The average Bonchev–Trinajstić information content (AvgIpc) is 2.24. The summed E-state index contributed by atoms with van der Waals surface area (Å²) in [4.78, 5) is 11.7. The van der Waals surface area contributed by atoms with E-state index in [1.165, 1.54) is 0 Å². The number of carbonyl (C=O) groups is 1. The van der Waals surface area contributed by atoms with Gasteiger partial charge in [-0.15, -0.1) is 0 Å². The Morgan fingerprint density at radius 1 is 1.41 bits per heavy atom. The molecule has 17 heavy (non-hydrogen) atoms. The van der Waals surface area contributed by atoms with Crippen molar-refractivity contribution < 1.29 is 9.90 Å². The Bertz CT molecular complexity index is 320. The second-order valence-electron chi connectivity index (χ2n) is 5.95. The molecule has 0 radical (unpaired) electrons. The Morgan fingerprint density at radius 2 is 2.12 bits per heavy atom. The molecule has 0 aromatic rings. The van der Waals surface area contributed by atoms with Crippen LogP contribution in [0.2, 0.25) is 0 Å². The average molecular weight is 236 g/mol. The van der Waals surface area contributed by atoms with Gasteiger partial charge in [0, 0.05) is 11.8 Å². The molecular weight excluding hydrogens is 212 g/mol. The Morgan fingerprint density at radius 3 is 2.65 bits per heavy atom. The number of hydrogen-bond acceptors (Lipinski definition) is 2. The highest BCUT2D eigenvalue weighted by Gasteiger charge is 2.23. The Hall–Kier alpha value is -0.890. The van der Waals surface area contributed by atoms with Crippen molar-refractivity contribution in [3.05, 3.63) is 24.3 Å². The molecule has 2 heteroatoms. The second-order valence-corrected chi connectivity index (χ2v) is 5.95. The predicted molar refractivity (Wildman–Crippen MR) is 70.8 cm³/mol. The zero-order valence-corrected chi connectivity index (χ0v) is 11.2. The van der Waals surface area contributed by atoms with E-state index >= 15 is 0 Å². The smallest absolute Gasteiger partial charge is 0.141 e. The summed E-state index contributed by atoms with van der Waals surface area (Å²) in [5.41, 5.74) is -0.953. The molecule has 0 spiro atoms. The van der Waals surface area contributed by atoms with Crippen LogP contribution in [0.15, 0.2) is 24.3 Å². The highest BCUT2D eigenvalue weighted by Crippen LogP contribution is 2.25. The van der Waals surface area contributed by atoms with Crippen LogP contribution in [0, 0.1) is 5.41 Å². The molecule has 1 unspecified atom stereocenters. The summed E-state index contributed by atoms with van der Waals surface area (Å²) in [5, 5.41) is 10.2. The van der Waals surface area contributed by atoms with Crippen molar-refractivity contribution in [2.24, 2.45) is 5.41 Å². The van der Waals surface area contributed by atoms with Gasteiger partial charge < -0.3 is 5.11 Å². The maximum atomic E-state index is 11.7. The summed E-state index contributed by atoms with van der Waals surface area (Å²) >= 11 is 0. The predicted octanol–water partition coefficient (Wildman–Crippen LogP) is 3.41. The van der Waals surface area contributed by atoms with Crippen molar-refractivity contribution in [2.45, 2.75) is 58.5 Å². The number of aliphatic hydroxyl groups is 1. The third-order valence-electron chi connectivity index (χ3n) is 3.19. The molecule has 1 aliphatic carbocycles. The minimum absolute atomic E-state index is 0.236. The van der Waals surface area contributed by atoms with Crippen molar-refractivity contribution in [1.29, 1.82) is 0 Å². The molecule has 1 N–H and O–H groups in total. The first-order valence-electron chi connectivity index (χ1n) is 6.42. The number of rotatable bonds is 4. The molecule has 0 bridgehead atoms. The van der Waals surface area contributed by atoms with Gasteiger partial charge in [0.1, 0.15) is 5.78 Å². The summed E-state index contributed by atoms with van der Waals surface area (Å²) < 4.78 is 0. The van der Waals surface area contributed by atoms with Crippen molar-refractivity contribution in [3.63, 3.8) is 0 Å². The molecule has 1 atom stereocenters. The number of allylic oxidation sites excluding steroid dienone is 2. The lowest BCUT2D eigenvalue weighted by atomic mass is 9.87. The van der Waals surface area contributed by atoms with Gasteiger partial charge in [-0.2, -0.15) is 0 Å². The summed E-state index contributed by atoms with van der Waals surface area (Å²) in [6.07, 6.45) is 11.7. The molecule has 0 amide bonds. The van der Waals surface area contributed by atoms with Crippen molar-refractivity contribution in [1.82, 2.24) is 0 Å². The van der Waals surface area contributed by atoms with Crippen LogP contribution in [-0.2, 0) is 4.79 Å². The molecule has 0 saturated heterocycles. The highest BCUT2D eigenvalue weighted by atomic mass is 16.3. The largest absolute Gasteiger partial charge is 0.385 e. The Labute approximate surface area is 104 Å². The monoisotopic (exact) mass is 236 g/mol. The van der Waals surface area contributed by atoms with E-state index in [0.29, 0.717) is 12.8 Å². The first kappa shape index (κ1) is 14.2. The van der Waals surface area contributed by atoms with Crippen LogP contribution >= 0.6 is 0 Å². The summed E-state index contributed by atoms with van der Waals surface area (Å²) in [6.45, 7) is 5.79. The zero-order chi connectivity index (χ0) is 12.9. The number of ketones is 1. The third-order valence-corrected chi connectivity index (χ3v) is 3.19. The molecular formula is C15H24O2. The fourth-order valence-electron chi connectivity index (χ4n) is 1.87. The second kappa shape index (κ2) is 5.63. The van der Waals surface area contributed by atoms with Crippen LogP contribution in [-0.4, -0.2) is 16.5 Å². The maximum Gasteiger partial charge on any atom is 0.141 e. The van der Waals surface area contributed by atoms with Crippen molar-refractivity contribution in [2.75, 3.05) is 0 Å². The standard InChI is InChI=1S/C15H24O2/c1-14(2,3)13(16)9-5-8-12-15(17)10-6-4-7-11-15/h5-6,8,10,17H,4,7,9,11-12H2,1-3H3/b8-5+. The lowest BCUT2D eigenvalue weighted by Crippen LogP contribution is -2.26. The lowest BCUT2D eigenvalue weighted by Gasteiger charge is -2.26.